The van der Waals surface area contributed by atoms with Crippen molar-refractivity contribution in [3.05, 3.63) is 27.6 Å². The predicted octanol–water partition coefficient (Wildman–Crippen LogP) is 0.630. The molecule has 0 aliphatic heterocycles. The number of hydrogen-bond acceptors (Lipinski definition) is 6. The van der Waals surface area contributed by atoms with E-state index in [9.17, 15) is 9.59 Å². The van der Waals surface area contributed by atoms with E-state index in [1.165, 1.54) is 23.1 Å². The van der Waals surface area contributed by atoms with Crippen molar-refractivity contribution in [3.8, 4) is 0 Å². The molecule has 2 aromatic heterocycles. The number of aromatic nitrogens is 2. The number of fused-ring (bicyclic) bond motifs is 1. The van der Waals surface area contributed by atoms with Gasteiger partial charge in [0.25, 0.3) is 5.56 Å². The Labute approximate surface area is 110 Å². The molecule has 8 heteroatoms. The SMILES string of the molecule is N[C@@H](CSCc1nc2ccsc2c(=O)[nH]1)C(=O)O. The molecule has 0 radical (unpaired) electrons. The van der Waals surface area contributed by atoms with Gasteiger partial charge in [0.05, 0.1) is 11.3 Å². The van der Waals surface area contributed by atoms with Crippen molar-refractivity contribution in [2.45, 2.75) is 11.8 Å². The van der Waals surface area contributed by atoms with E-state index in [0.717, 1.165) is 0 Å². The summed E-state index contributed by atoms with van der Waals surface area (Å²) >= 11 is 2.67. The van der Waals surface area contributed by atoms with Gasteiger partial charge in [-0.05, 0) is 11.4 Å². The molecule has 0 fully saturated rings. The molecule has 96 valence electrons. The minimum absolute atomic E-state index is 0.159. The van der Waals surface area contributed by atoms with Gasteiger partial charge in [0.1, 0.15) is 16.6 Å². The van der Waals surface area contributed by atoms with Crippen LogP contribution in [-0.2, 0) is 10.5 Å². The summed E-state index contributed by atoms with van der Waals surface area (Å²) in [6, 6.07) is 0.887. The monoisotopic (exact) mass is 285 g/mol. The summed E-state index contributed by atoms with van der Waals surface area (Å²) in [6.07, 6.45) is 0. The molecule has 6 nitrogen and oxygen atoms in total. The van der Waals surface area contributed by atoms with Crippen molar-refractivity contribution < 1.29 is 9.90 Å². The average Bonchev–Trinajstić information content (AvgIpc) is 2.77. The van der Waals surface area contributed by atoms with Crippen molar-refractivity contribution in [2.24, 2.45) is 5.73 Å². The number of carboxylic acids is 1. The lowest BCUT2D eigenvalue weighted by atomic mass is 10.4. The Hall–Kier alpha value is -1.38. The number of thioether (sulfide) groups is 1. The molecular formula is C10H11N3O3S2. The summed E-state index contributed by atoms with van der Waals surface area (Å²) in [4.78, 5) is 29.1. The number of thiophene rings is 1. The van der Waals surface area contributed by atoms with Crippen LogP contribution in [0, 0.1) is 0 Å². The highest BCUT2D eigenvalue weighted by molar-refractivity contribution is 7.98. The maximum Gasteiger partial charge on any atom is 0.321 e. The molecule has 18 heavy (non-hydrogen) atoms. The fourth-order valence-electron chi connectivity index (χ4n) is 1.34. The lowest BCUT2D eigenvalue weighted by molar-refractivity contribution is -0.137. The molecule has 0 saturated carbocycles. The van der Waals surface area contributed by atoms with Crippen molar-refractivity contribution >= 4 is 39.3 Å². The van der Waals surface area contributed by atoms with Crippen LogP contribution in [-0.4, -0.2) is 32.8 Å². The Kier molecular flexibility index (Phi) is 4.00. The van der Waals surface area contributed by atoms with Crippen LogP contribution in [0.25, 0.3) is 10.2 Å². The predicted molar refractivity (Wildman–Crippen MR) is 72.0 cm³/mol. The zero-order valence-electron chi connectivity index (χ0n) is 9.25. The average molecular weight is 285 g/mol. The van der Waals surface area contributed by atoms with E-state index in [-0.39, 0.29) is 11.3 Å². The number of carbonyl (C=O) groups is 1. The highest BCUT2D eigenvalue weighted by Crippen LogP contribution is 2.15. The molecule has 0 aliphatic rings. The topological polar surface area (TPSA) is 109 Å². The van der Waals surface area contributed by atoms with Crippen LogP contribution >= 0.6 is 23.1 Å². The normalized spacial score (nSPS) is 12.7. The third kappa shape index (κ3) is 2.89. The summed E-state index contributed by atoms with van der Waals surface area (Å²) in [6.45, 7) is 0. The van der Waals surface area contributed by atoms with Crippen molar-refractivity contribution in [1.29, 1.82) is 0 Å². The molecule has 2 heterocycles. The molecule has 2 aromatic rings. The minimum Gasteiger partial charge on any atom is -0.480 e. The quantitative estimate of drug-likeness (QED) is 0.743. The first-order chi connectivity index (χ1) is 8.58. The smallest absolute Gasteiger partial charge is 0.321 e. The number of nitrogens with one attached hydrogen (secondary N) is 1. The van der Waals surface area contributed by atoms with Gasteiger partial charge in [-0.3, -0.25) is 9.59 Å². The molecule has 0 aromatic carbocycles. The van der Waals surface area contributed by atoms with Gasteiger partial charge in [0.15, 0.2) is 0 Å². The molecule has 0 bridgehead atoms. The largest absolute Gasteiger partial charge is 0.480 e. The molecule has 2 rings (SSSR count). The first-order valence-electron chi connectivity index (χ1n) is 5.10. The maximum absolute atomic E-state index is 11.7. The number of rotatable bonds is 5. The number of nitrogens with zero attached hydrogens (tertiary/aromatic N) is 1. The van der Waals surface area contributed by atoms with E-state index in [1.807, 2.05) is 5.38 Å². The van der Waals surface area contributed by atoms with Gasteiger partial charge in [0, 0.05) is 5.75 Å². The molecular weight excluding hydrogens is 274 g/mol. The maximum atomic E-state index is 11.7. The molecule has 0 saturated heterocycles. The summed E-state index contributed by atoms with van der Waals surface area (Å²) in [5.74, 6) is 0.216. The van der Waals surface area contributed by atoms with Gasteiger partial charge in [-0.1, -0.05) is 0 Å². The number of hydrogen-bond donors (Lipinski definition) is 3. The van der Waals surface area contributed by atoms with E-state index in [4.69, 9.17) is 10.8 Å². The van der Waals surface area contributed by atoms with Gasteiger partial charge in [0.2, 0.25) is 0 Å². The second-order valence-corrected chi connectivity index (χ2v) is 5.55. The second kappa shape index (κ2) is 5.51. The van der Waals surface area contributed by atoms with Crippen LogP contribution < -0.4 is 11.3 Å². The van der Waals surface area contributed by atoms with Crippen molar-refractivity contribution in [2.75, 3.05) is 5.75 Å². The zero-order valence-corrected chi connectivity index (χ0v) is 10.9. The third-order valence-electron chi connectivity index (χ3n) is 2.22. The fourth-order valence-corrected chi connectivity index (χ4v) is 2.91. The van der Waals surface area contributed by atoms with Gasteiger partial charge in [-0.15, -0.1) is 11.3 Å². The van der Waals surface area contributed by atoms with E-state index < -0.39 is 12.0 Å². The molecule has 0 aliphatic carbocycles. The van der Waals surface area contributed by atoms with Crippen LogP contribution in [0.1, 0.15) is 5.82 Å². The standard InChI is InChI=1S/C10H11N3O3S2/c11-5(10(15)16)3-17-4-7-12-6-1-2-18-8(6)9(14)13-7/h1-2,5H,3-4,11H2,(H,15,16)(H,12,13,14)/t5-/m0/s1. The Bertz CT molecular complexity index is 622. The summed E-state index contributed by atoms with van der Waals surface area (Å²) in [5.41, 5.74) is 5.88. The fraction of sp³-hybridized carbons (Fsp3) is 0.300. The van der Waals surface area contributed by atoms with Gasteiger partial charge < -0.3 is 15.8 Å². The van der Waals surface area contributed by atoms with E-state index in [1.54, 1.807) is 6.07 Å². The van der Waals surface area contributed by atoms with Crippen LogP contribution in [0.2, 0.25) is 0 Å². The van der Waals surface area contributed by atoms with Crippen LogP contribution in [0.5, 0.6) is 0 Å². The van der Waals surface area contributed by atoms with Gasteiger partial charge >= 0.3 is 5.97 Å². The summed E-state index contributed by atoms with van der Waals surface area (Å²) in [7, 11) is 0. The van der Waals surface area contributed by atoms with Gasteiger partial charge in [-0.25, -0.2) is 4.98 Å². The Balaban J connectivity index is 2.04. The van der Waals surface area contributed by atoms with Crippen LogP contribution in [0.4, 0.5) is 0 Å². The first-order valence-corrected chi connectivity index (χ1v) is 7.14. The molecule has 0 spiro atoms. The second-order valence-electron chi connectivity index (χ2n) is 3.61. The summed E-state index contributed by atoms with van der Waals surface area (Å²) in [5, 5.41) is 10.4. The van der Waals surface area contributed by atoms with E-state index in [2.05, 4.69) is 9.97 Å². The lowest BCUT2D eigenvalue weighted by Gasteiger charge is -2.05. The molecule has 0 amide bonds. The first kappa shape index (κ1) is 13.1. The third-order valence-corrected chi connectivity index (χ3v) is 4.19. The number of aromatic amines is 1. The van der Waals surface area contributed by atoms with E-state index in [0.29, 0.717) is 21.8 Å². The number of carboxylic acid groups (broad SMARTS) is 1. The van der Waals surface area contributed by atoms with Crippen molar-refractivity contribution in [1.82, 2.24) is 9.97 Å². The number of H-pyrrole nitrogens is 1. The van der Waals surface area contributed by atoms with Crippen LogP contribution in [0.3, 0.4) is 0 Å². The Morgan fingerprint density at radius 3 is 3.17 bits per heavy atom. The lowest BCUT2D eigenvalue weighted by Crippen LogP contribution is -2.32. The highest BCUT2D eigenvalue weighted by atomic mass is 32.2. The zero-order chi connectivity index (χ0) is 13.1. The molecule has 0 unspecified atom stereocenters. The molecule has 1 atom stereocenters. The van der Waals surface area contributed by atoms with Crippen LogP contribution in [0.15, 0.2) is 16.2 Å². The van der Waals surface area contributed by atoms with E-state index >= 15 is 0 Å². The Morgan fingerprint density at radius 2 is 2.44 bits per heavy atom. The van der Waals surface area contributed by atoms with Gasteiger partial charge in [-0.2, -0.15) is 11.8 Å². The number of nitrogens with two attached hydrogens (primary N) is 1. The van der Waals surface area contributed by atoms with Crippen molar-refractivity contribution in [3.63, 3.8) is 0 Å². The Morgan fingerprint density at radius 1 is 1.67 bits per heavy atom. The molecule has 4 N–H and O–H groups in total. The minimum atomic E-state index is -1.03. The highest BCUT2D eigenvalue weighted by Gasteiger charge is 2.11. The number of aliphatic carboxylic acids is 1. The summed E-state index contributed by atoms with van der Waals surface area (Å²) < 4.78 is 0.603.